The van der Waals surface area contributed by atoms with Crippen LogP contribution >= 0.6 is 23.2 Å². The smallest absolute Gasteiger partial charge is 0.339 e. The molecule has 6 nitrogen and oxygen atoms in total. The van der Waals surface area contributed by atoms with Gasteiger partial charge in [-0.15, -0.1) is 0 Å². The number of hydrogen-bond donors (Lipinski definition) is 0. The first kappa shape index (κ1) is 19.9. The molecule has 1 fully saturated rings. The van der Waals surface area contributed by atoms with E-state index in [9.17, 15) is 9.59 Å². The number of pyridine rings is 1. The molecule has 1 saturated carbocycles. The molecule has 0 aliphatic heterocycles. The van der Waals surface area contributed by atoms with Crippen molar-refractivity contribution in [3.05, 3.63) is 57.3 Å². The maximum atomic E-state index is 12.8. The summed E-state index contributed by atoms with van der Waals surface area (Å²) in [5.74, 6) is -0.623. The van der Waals surface area contributed by atoms with Gasteiger partial charge in [-0.25, -0.2) is 14.5 Å². The molecule has 8 heteroatoms. The minimum absolute atomic E-state index is 0.104. The van der Waals surface area contributed by atoms with Crippen molar-refractivity contribution in [3.8, 4) is 0 Å². The molecular weight excluding hydrogens is 413 g/mol. The lowest BCUT2D eigenvalue weighted by atomic mass is 10.1. The molecule has 2 aromatic heterocycles. The van der Waals surface area contributed by atoms with E-state index in [2.05, 4.69) is 5.10 Å². The fourth-order valence-corrected chi connectivity index (χ4v) is 3.69. The van der Waals surface area contributed by atoms with Crippen molar-refractivity contribution in [3.63, 3.8) is 0 Å². The van der Waals surface area contributed by atoms with Gasteiger partial charge in [0.15, 0.2) is 12.3 Å². The average molecular weight is 432 g/mol. The Morgan fingerprint density at radius 3 is 2.62 bits per heavy atom. The van der Waals surface area contributed by atoms with Crippen molar-refractivity contribution in [2.45, 2.75) is 38.6 Å². The summed E-state index contributed by atoms with van der Waals surface area (Å²) in [6.07, 6.45) is 3.72. The fourth-order valence-electron chi connectivity index (χ4n) is 3.17. The first-order valence-electron chi connectivity index (χ1n) is 9.38. The minimum atomic E-state index is -0.582. The van der Waals surface area contributed by atoms with Crippen molar-refractivity contribution in [1.82, 2.24) is 14.8 Å². The standard InChI is InChI=1S/C21H19Cl2N3O3/c1-11(2)26-20-16(9-24-26)15(8-18(25-20)12-3-4-12)21(28)29-10-19(27)14-6-5-13(22)7-17(14)23/h5-9,11-12H,3-4,10H2,1-2H3. The quantitative estimate of drug-likeness (QED) is 0.394. The number of aromatic nitrogens is 3. The number of ether oxygens (including phenoxy) is 1. The van der Waals surface area contributed by atoms with Gasteiger partial charge < -0.3 is 4.74 Å². The predicted octanol–water partition coefficient (Wildman–Crippen LogP) is 5.24. The van der Waals surface area contributed by atoms with E-state index in [-0.39, 0.29) is 16.6 Å². The van der Waals surface area contributed by atoms with Crippen LogP contribution in [0.3, 0.4) is 0 Å². The molecule has 1 aromatic carbocycles. The predicted molar refractivity (Wildman–Crippen MR) is 111 cm³/mol. The zero-order valence-corrected chi connectivity index (χ0v) is 17.5. The first-order chi connectivity index (χ1) is 13.8. The third-order valence-corrected chi connectivity index (χ3v) is 5.40. The Hall–Kier alpha value is -2.44. The van der Waals surface area contributed by atoms with Crippen LogP contribution in [0.5, 0.6) is 0 Å². The second-order valence-electron chi connectivity index (χ2n) is 7.41. The molecule has 29 heavy (non-hydrogen) atoms. The SMILES string of the molecule is CC(C)n1ncc2c(C(=O)OCC(=O)c3ccc(Cl)cc3Cl)cc(C3CC3)nc21. The van der Waals surface area contributed by atoms with Gasteiger partial charge in [-0.3, -0.25) is 4.79 Å². The number of carbonyl (C=O) groups excluding carboxylic acids is 2. The maximum Gasteiger partial charge on any atom is 0.339 e. The monoisotopic (exact) mass is 431 g/mol. The molecule has 2 heterocycles. The number of esters is 1. The van der Waals surface area contributed by atoms with Crippen LogP contribution in [-0.2, 0) is 4.74 Å². The molecule has 0 saturated heterocycles. The van der Waals surface area contributed by atoms with Crippen LogP contribution in [0, 0.1) is 0 Å². The number of Topliss-reactive ketones (excluding diaryl/α,β-unsaturated/α-hetero) is 1. The summed E-state index contributed by atoms with van der Waals surface area (Å²) in [5, 5.41) is 5.64. The lowest BCUT2D eigenvalue weighted by Gasteiger charge is -2.10. The Bertz CT molecular complexity index is 1120. The Kier molecular flexibility index (Phi) is 5.32. The van der Waals surface area contributed by atoms with E-state index in [1.54, 1.807) is 23.0 Å². The zero-order chi connectivity index (χ0) is 20.7. The largest absolute Gasteiger partial charge is 0.454 e. The first-order valence-corrected chi connectivity index (χ1v) is 10.1. The number of carbonyl (C=O) groups is 2. The number of hydrogen-bond acceptors (Lipinski definition) is 5. The van der Waals surface area contributed by atoms with Crippen LogP contribution in [0.15, 0.2) is 30.5 Å². The third kappa shape index (κ3) is 4.00. The lowest BCUT2D eigenvalue weighted by molar-refractivity contribution is 0.0476. The molecule has 0 N–H and O–H groups in total. The Morgan fingerprint density at radius 2 is 1.97 bits per heavy atom. The summed E-state index contributed by atoms with van der Waals surface area (Å²) in [5.41, 5.74) is 2.15. The van der Waals surface area contributed by atoms with Crippen LogP contribution < -0.4 is 0 Å². The molecule has 0 radical (unpaired) electrons. The maximum absolute atomic E-state index is 12.8. The van der Waals surface area contributed by atoms with E-state index in [1.165, 1.54) is 12.1 Å². The molecule has 4 rings (SSSR count). The number of ketones is 1. The highest BCUT2D eigenvalue weighted by molar-refractivity contribution is 6.36. The van der Waals surface area contributed by atoms with Gasteiger partial charge in [-0.05, 0) is 51.0 Å². The van der Waals surface area contributed by atoms with E-state index in [0.29, 0.717) is 27.5 Å². The van der Waals surface area contributed by atoms with Crippen molar-refractivity contribution in [1.29, 1.82) is 0 Å². The fraction of sp³-hybridized carbons (Fsp3) is 0.333. The van der Waals surface area contributed by atoms with Gasteiger partial charge >= 0.3 is 5.97 Å². The topological polar surface area (TPSA) is 74.1 Å². The molecule has 0 unspecified atom stereocenters. The molecule has 1 aliphatic carbocycles. The molecule has 0 spiro atoms. The van der Waals surface area contributed by atoms with Gasteiger partial charge in [0.05, 0.1) is 22.2 Å². The van der Waals surface area contributed by atoms with Gasteiger partial charge in [0.25, 0.3) is 0 Å². The number of rotatable bonds is 6. The van der Waals surface area contributed by atoms with E-state index in [1.807, 2.05) is 13.8 Å². The average Bonchev–Trinajstić information content (AvgIpc) is 3.43. The van der Waals surface area contributed by atoms with Gasteiger partial charge in [0, 0.05) is 28.2 Å². The normalized spacial score (nSPS) is 13.8. The van der Waals surface area contributed by atoms with E-state index >= 15 is 0 Å². The van der Waals surface area contributed by atoms with Crippen molar-refractivity contribution < 1.29 is 14.3 Å². The van der Waals surface area contributed by atoms with E-state index in [0.717, 1.165) is 18.5 Å². The zero-order valence-electron chi connectivity index (χ0n) is 16.0. The summed E-state index contributed by atoms with van der Waals surface area (Å²) in [7, 11) is 0. The summed E-state index contributed by atoms with van der Waals surface area (Å²) < 4.78 is 7.11. The second kappa shape index (κ2) is 7.76. The number of benzene rings is 1. The highest BCUT2D eigenvalue weighted by atomic mass is 35.5. The number of nitrogens with zero attached hydrogens (tertiary/aromatic N) is 3. The number of fused-ring (bicyclic) bond motifs is 1. The summed E-state index contributed by atoms with van der Waals surface area (Å²) in [6, 6.07) is 6.42. The molecule has 3 aromatic rings. The van der Waals surface area contributed by atoms with Gasteiger partial charge in [0.2, 0.25) is 5.78 Å². The number of halogens is 2. The second-order valence-corrected chi connectivity index (χ2v) is 8.26. The Labute approximate surface area is 177 Å². The molecule has 0 amide bonds. The van der Waals surface area contributed by atoms with Crippen LogP contribution in [0.1, 0.15) is 65.1 Å². The van der Waals surface area contributed by atoms with Crippen molar-refractivity contribution in [2.24, 2.45) is 0 Å². The lowest BCUT2D eigenvalue weighted by Crippen LogP contribution is -2.15. The van der Waals surface area contributed by atoms with Crippen LogP contribution in [0.4, 0.5) is 0 Å². The van der Waals surface area contributed by atoms with Gasteiger partial charge in [0.1, 0.15) is 0 Å². The molecular formula is C21H19Cl2N3O3. The highest BCUT2D eigenvalue weighted by Gasteiger charge is 2.29. The van der Waals surface area contributed by atoms with Crippen LogP contribution in [0.25, 0.3) is 11.0 Å². The summed E-state index contributed by atoms with van der Waals surface area (Å²) >= 11 is 11.9. The van der Waals surface area contributed by atoms with E-state index in [4.69, 9.17) is 32.9 Å². The molecule has 150 valence electrons. The summed E-state index contributed by atoms with van der Waals surface area (Å²) in [6.45, 7) is 3.59. The highest BCUT2D eigenvalue weighted by Crippen LogP contribution is 2.40. The molecule has 1 aliphatic rings. The summed E-state index contributed by atoms with van der Waals surface area (Å²) in [4.78, 5) is 30.0. The third-order valence-electron chi connectivity index (χ3n) is 4.86. The van der Waals surface area contributed by atoms with Crippen molar-refractivity contribution in [2.75, 3.05) is 6.61 Å². The van der Waals surface area contributed by atoms with Crippen LogP contribution in [-0.4, -0.2) is 33.1 Å². The Balaban J connectivity index is 1.60. The van der Waals surface area contributed by atoms with E-state index < -0.39 is 18.4 Å². The van der Waals surface area contributed by atoms with Crippen molar-refractivity contribution >= 4 is 46.0 Å². The molecule has 0 bridgehead atoms. The minimum Gasteiger partial charge on any atom is -0.454 e. The van der Waals surface area contributed by atoms with Gasteiger partial charge in [-0.2, -0.15) is 5.10 Å². The van der Waals surface area contributed by atoms with Crippen LogP contribution in [0.2, 0.25) is 10.0 Å². The van der Waals surface area contributed by atoms with Gasteiger partial charge in [-0.1, -0.05) is 23.2 Å². The Morgan fingerprint density at radius 1 is 1.21 bits per heavy atom. The molecule has 0 atom stereocenters.